The Kier molecular flexibility index (Phi) is 5.97. The van der Waals surface area contributed by atoms with Crippen LogP contribution >= 0.6 is 0 Å². The SMILES string of the molecule is CN(Cc1nc(-c2ccccc2)no1)C(=O)c1cccc(CN2CCOCC2)c1. The predicted octanol–water partition coefficient (Wildman–Crippen LogP) is 2.84. The largest absolute Gasteiger partial charge is 0.379 e. The number of hydrogen-bond acceptors (Lipinski definition) is 6. The molecule has 1 aromatic heterocycles. The Bertz CT molecular complexity index is 951. The van der Waals surface area contributed by atoms with Crippen LogP contribution in [0.4, 0.5) is 0 Å². The molecule has 2 aromatic carbocycles. The maximum atomic E-state index is 12.9. The van der Waals surface area contributed by atoms with E-state index in [0.29, 0.717) is 17.3 Å². The van der Waals surface area contributed by atoms with Crippen molar-refractivity contribution in [3.05, 3.63) is 71.6 Å². The summed E-state index contributed by atoms with van der Waals surface area (Å²) >= 11 is 0. The van der Waals surface area contributed by atoms with E-state index in [2.05, 4.69) is 21.1 Å². The van der Waals surface area contributed by atoms with Crippen LogP contribution < -0.4 is 0 Å². The van der Waals surface area contributed by atoms with Crippen LogP contribution in [-0.4, -0.2) is 59.2 Å². The van der Waals surface area contributed by atoms with Crippen LogP contribution in [0.25, 0.3) is 11.4 Å². The second-order valence-electron chi connectivity index (χ2n) is 7.13. The fourth-order valence-electron chi connectivity index (χ4n) is 3.34. The van der Waals surface area contributed by atoms with Crippen molar-refractivity contribution in [1.82, 2.24) is 19.9 Å². The Morgan fingerprint density at radius 2 is 1.90 bits per heavy atom. The third-order valence-corrected chi connectivity index (χ3v) is 4.90. The molecule has 0 saturated carbocycles. The lowest BCUT2D eigenvalue weighted by Crippen LogP contribution is -2.35. The zero-order valence-corrected chi connectivity index (χ0v) is 16.5. The lowest BCUT2D eigenvalue weighted by molar-refractivity contribution is 0.0341. The summed E-state index contributed by atoms with van der Waals surface area (Å²) in [6.07, 6.45) is 0. The van der Waals surface area contributed by atoms with Crippen LogP contribution in [0, 0.1) is 0 Å². The van der Waals surface area contributed by atoms with E-state index in [1.54, 1.807) is 11.9 Å². The Morgan fingerprint density at radius 3 is 2.69 bits per heavy atom. The number of carbonyl (C=O) groups is 1. The smallest absolute Gasteiger partial charge is 0.254 e. The van der Waals surface area contributed by atoms with Crippen LogP contribution in [0.2, 0.25) is 0 Å². The van der Waals surface area contributed by atoms with Crippen molar-refractivity contribution in [2.24, 2.45) is 0 Å². The molecule has 0 atom stereocenters. The average Bonchev–Trinajstić information content (AvgIpc) is 3.23. The second-order valence-corrected chi connectivity index (χ2v) is 7.13. The first-order valence-electron chi connectivity index (χ1n) is 9.71. The van der Waals surface area contributed by atoms with E-state index < -0.39 is 0 Å². The molecule has 0 unspecified atom stereocenters. The molecule has 1 amide bonds. The van der Waals surface area contributed by atoms with Gasteiger partial charge in [0, 0.05) is 37.8 Å². The Hall–Kier alpha value is -3.03. The van der Waals surface area contributed by atoms with E-state index in [1.807, 2.05) is 48.5 Å². The third kappa shape index (κ3) is 4.88. The van der Waals surface area contributed by atoms with Crippen LogP contribution in [-0.2, 0) is 17.8 Å². The van der Waals surface area contributed by atoms with Crippen LogP contribution in [0.3, 0.4) is 0 Å². The van der Waals surface area contributed by atoms with Gasteiger partial charge in [0.15, 0.2) is 0 Å². The summed E-state index contributed by atoms with van der Waals surface area (Å²) in [4.78, 5) is 21.2. The molecule has 0 radical (unpaired) electrons. The molecule has 2 heterocycles. The predicted molar refractivity (Wildman–Crippen MR) is 108 cm³/mol. The molecular formula is C22H24N4O3. The Balaban J connectivity index is 1.40. The Morgan fingerprint density at radius 1 is 1.10 bits per heavy atom. The molecule has 29 heavy (non-hydrogen) atoms. The molecule has 7 heteroatoms. The maximum absolute atomic E-state index is 12.9. The van der Waals surface area contributed by atoms with Crippen molar-refractivity contribution in [2.75, 3.05) is 33.4 Å². The first-order chi connectivity index (χ1) is 14.2. The first kappa shape index (κ1) is 19.3. The summed E-state index contributed by atoms with van der Waals surface area (Å²) in [6.45, 7) is 4.43. The minimum absolute atomic E-state index is 0.0757. The molecular weight excluding hydrogens is 368 g/mol. The molecule has 150 valence electrons. The maximum Gasteiger partial charge on any atom is 0.254 e. The van der Waals surface area contributed by atoms with E-state index in [4.69, 9.17) is 9.26 Å². The molecule has 0 aliphatic carbocycles. The third-order valence-electron chi connectivity index (χ3n) is 4.90. The molecule has 1 saturated heterocycles. The number of amides is 1. The minimum Gasteiger partial charge on any atom is -0.379 e. The van der Waals surface area contributed by atoms with Gasteiger partial charge in [-0.05, 0) is 17.7 Å². The number of aromatic nitrogens is 2. The molecule has 1 fully saturated rings. The minimum atomic E-state index is -0.0757. The molecule has 0 bridgehead atoms. The molecule has 7 nitrogen and oxygen atoms in total. The second kappa shape index (κ2) is 8.98. The number of morpholine rings is 1. The molecule has 1 aliphatic rings. The molecule has 4 rings (SSSR count). The van der Waals surface area contributed by atoms with Gasteiger partial charge in [0.05, 0.1) is 19.8 Å². The van der Waals surface area contributed by atoms with Gasteiger partial charge in [-0.15, -0.1) is 0 Å². The zero-order valence-electron chi connectivity index (χ0n) is 16.5. The van der Waals surface area contributed by atoms with Crippen molar-refractivity contribution >= 4 is 5.91 Å². The topological polar surface area (TPSA) is 71.7 Å². The molecule has 3 aromatic rings. The molecule has 1 aliphatic heterocycles. The van der Waals surface area contributed by atoms with E-state index in [9.17, 15) is 4.79 Å². The number of ether oxygens (including phenoxy) is 1. The highest BCUT2D eigenvalue weighted by atomic mass is 16.5. The lowest BCUT2D eigenvalue weighted by Gasteiger charge is -2.26. The summed E-state index contributed by atoms with van der Waals surface area (Å²) in [7, 11) is 1.74. The molecule has 0 N–H and O–H groups in total. The first-order valence-corrected chi connectivity index (χ1v) is 9.71. The fourth-order valence-corrected chi connectivity index (χ4v) is 3.34. The van der Waals surface area contributed by atoms with Crippen molar-refractivity contribution < 1.29 is 14.1 Å². The number of carbonyl (C=O) groups excluding carboxylic acids is 1. The highest BCUT2D eigenvalue weighted by molar-refractivity contribution is 5.94. The highest BCUT2D eigenvalue weighted by Gasteiger charge is 2.17. The monoisotopic (exact) mass is 392 g/mol. The summed E-state index contributed by atoms with van der Waals surface area (Å²) in [5.41, 5.74) is 2.66. The summed E-state index contributed by atoms with van der Waals surface area (Å²) in [6, 6.07) is 17.4. The number of rotatable bonds is 6. The van der Waals surface area contributed by atoms with Crippen molar-refractivity contribution in [3.63, 3.8) is 0 Å². The lowest BCUT2D eigenvalue weighted by atomic mass is 10.1. The van der Waals surface area contributed by atoms with Gasteiger partial charge in [-0.25, -0.2) is 0 Å². The van der Waals surface area contributed by atoms with E-state index in [0.717, 1.165) is 44.0 Å². The van der Waals surface area contributed by atoms with Crippen LogP contribution in [0.5, 0.6) is 0 Å². The van der Waals surface area contributed by atoms with Gasteiger partial charge in [-0.3, -0.25) is 9.69 Å². The molecule has 0 spiro atoms. The fraction of sp³-hybridized carbons (Fsp3) is 0.318. The van der Waals surface area contributed by atoms with E-state index >= 15 is 0 Å². The average molecular weight is 392 g/mol. The standard InChI is InChI=1S/C22H24N4O3/c1-25(16-20-23-21(24-29-20)18-7-3-2-4-8-18)22(27)19-9-5-6-17(14-19)15-26-10-12-28-13-11-26/h2-9,14H,10-13,15-16H2,1H3. The van der Waals surface area contributed by atoms with Gasteiger partial charge in [0.1, 0.15) is 0 Å². The summed E-state index contributed by atoms with van der Waals surface area (Å²) < 4.78 is 10.7. The Labute approximate surface area is 169 Å². The van der Waals surface area contributed by atoms with Crippen molar-refractivity contribution in [3.8, 4) is 11.4 Å². The van der Waals surface area contributed by atoms with Crippen LogP contribution in [0.1, 0.15) is 21.8 Å². The van der Waals surface area contributed by atoms with Gasteiger partial charge in [0.2, 0.25) is 11.7 Å². The summed E-state index contributed by atoms with van der Waals surface area (Å²) in [5.74, 6) is 0.853. The number of benzene rings is 2. The highest BCUT2D eigenvalue weighted by Crippen LogP contribution is 2.16. The van der Waals surface area contributed by atoms with E-state index in [-0.39, 0.29) is 12.5 Å². The van der Waals surface area contributed by atoms with E-state index in [1.165, 1.54) is 0 Å². The zero-order chi connectivity index (χ0) is 20.1. The van der Waals surface area contributed by atoms with Gasteiger partial charge >= 0.3 is 0 Å². The number of hydrogen-bond donors (Lipinski definition) is 0. The van der Waals surface area contributed by atoms with Crippen LogP contribution in [0.15, 0.2) is 59.1 Å². The summed E-state index contributed by atoms with van der Waals surface area (Å²) in [5, 5.41) is 4.01. The van der Waals surface area contributed by atoms with Gasteiger partial charge in [-0.1, -0.05) is 47.6 Å². The van der Waals surface area contributed by atoms with Gasteiger partial charge in [-0.2, -0.15) is 4.98 Å². The van der Waals surface area contributed by atoms with Crippen molar-refractivity contribution in [1.29, 1.82) is 0 Å². The normalized spacial score (nSPS) is 14.7. The van der Waals surface area contributed by atoms with Gasteiger partial charge in [0.25, 0.3) is 5.91 Å². The van der Waals surface area contributed by atoms with Gasteiger partial charge < -0.3 is 14.2 Å². The quantitative estimate of drug-likeness (QED) is 0.642. The number of nitrogens with zero attached hydrogens (tertiary/aromatic N) is 4. The van der Waals surface area contributed by atoms with Crippen molar-refractivity contribution in [2.45, 2.75) is 13.1 Å².